The van der Waals surface area contributed by atoms with Crippen LogP contribution in [-0.2, 0) is 0 Å². The van der Waals surface area contributed by atoms with Crippen LogP contribution < -0.4 is 13.2 Å². The van der Waals surface area contributed by atoms with Crippen molar-refractivity contribution >= 4 is 26.0 Å². The zero-order chi connectivity index (χ0) is 23.6. The molecule has 8 nitrogen and oxygen atoms in total. The van der Waals surface area contributed by atoms with Crippen LogP contribution in [0.4, 0.5) is 4.79 Å². The molecule has 3 rings (SSSR count). The Kier molecular flexibility index (Phi) is 9.55. The van der Waals surface area contributed by atoms with E-state index in [0.29, 0.717) is 37.7 Å². The molecule has 1 amide bonds. The summed E-state index contributed by atoms with van der Waals surface area (Å²) in [4.78, 5) is 21.2. The first-order valence-electron chi connectivity index (χ1n) is 11.4. The molecule has 1 aliphatic rings. The predicted octanol–water partition coefficient (Wildman–Crippen LogP) is 4.11. The van der Waals surface area contributed by atoms with Gasteiger partial charge in [0.15, 0.2) is 0 Å². The van der Waals surface area contributed by atoms with Gasteiger partial charge in [0, 0.05) is 0 Å². The Labute approximate surface area is 201 Å². The van der Waals surface area contributed by atoms with Gasteiger partial charge in [0.1, 0.15) is 0 Å². The zero-order valence-electron chi connectivity index (χ0n) is 19.5. The number of unbranched alkanes of at least 4 members (excludes halogenated alkanes) is 2. The summed E-state index contributed by atoms with van der Waals surface area (Å²) in [5.41, 5.74) is 1.95. The monoisotopic (exact) mass is 517 g/mol. The van der Waals surface area contributed by atoms with Crippen molar-refractivity contribution in [2.45, 2.75) is 58.5 Å². The van der Waals surface area contributed by atoms with Crippen LogP contribution in [0.2, 0.25) is 0 Å². The number of aromatic nitrogens is 2. The van der Waals surface area contributed by atoms with Crippen molar-refractivity contribution < 1.29 is 23.1 Å². The van der Waals surface area contributed by atoms with Crippen LogP contribution in [0.5, 0.6) is 17.5 Å². The molecule has 1 saturated heterocycles. The molecule has 1 N–H and O–H groups in total. The number of amides is 1. The van der Waals surface area contributed by atoms with E-state index in [2.05, 4.69) is 29.0 Å². The third-order valence-electron chi connectivity index (χ3n) is 5.67. The summed E-state index contributed by atoms with van der Waals surface area (Å²) in [7, 11) is 1.67. The predicted molar refractivity (Wildman–Crippen MR) is 128 cm³/mol. The number of hydrogen-bond acceptors (Lipinski definition) is 6. The van der Waals surface area contributed by atoms with Gasteiger partial charge in [-0.3, -0.25) is 0 Å². The van der Waals surface area contributed by atoms with Crippen molar-refractivity contribution in [3.63, 3.8) is 0 Å². The first-order chi connectivity index (χ1) is 16.0. The number of ether oxygens (including phenoxy) is 2. The Balaban J connectivity index is 1.71. The van der Waals surface area contributed by atoms with Gasteiger partial charge in [-0.1, -0.05) is 0 Å². The number of benzene rings is 1. The summed E-state index contributed by atoms with van der Waals surface area (Å²) in [6.45, 7) is 5.04. The van der Waals surface area contributed by atoms with Gasteiger partial charge >= 0.3 is 202 Å². The van der Waals surface area contributed by atoms with Crippen molar-refractivity contribution in [3.05, 3.63) is 41.7 Å². The second-order valence-corrected chi connectivity index (χ2v) is 9.91. The summed E-state index contributed by atoms with van der Waals surface area (Å²) in [5, 5.41) is 9.12. The molecule has 2 aromatic rings. The second kappa shape index (κ2) is 12.6. The van der Waals surface area contributed by atoms with E-state index in [4.69, 9.17) is 18.3 Å². The second-order valence-electron chi connectivity index (χ2n) is 8.01. The number of rotatable bonds is 10. The molecule has 1 aliphatic heterocycles. The Hall–Kier alpha value is -2.60. The molecule has 0 spiro atoms. The number of piperidine rings is 1. The van der Waals surface area contributed by atoms with Crippen LogP contribution in [0, 0.1) is 6.92 Å². The molecule has 9 heteroatoms. The van der Waals surface area contributed by atoms with Crippen LogP contribution in [0.3, 0.4) is 0 Å². The van der Waals surface area contributed by atoms with E-state index in [1.54, 1.807) is 7.11 Å². The standard InChI is InChI=1S/C24H32AsN3O5/c1-4-5-6-7-21(18-8-10-19(31-3)11-9-18)25-33-23-17(2)22(26-16-27-23)32-20-12-14-28(15-13-20)24(29)30/h8-11,16,20H,4-7,12-15H2,1-3H3,(H,29,30). The van der Waals surface area contributed by atoms with Crippen LogP contribution in [-0.4, -0.2) is 72.3 Å². The van der Waals surface area contributed by atoms with Crippen LogP contribution >= 0.6 is 0 Å². The summed E-state index contributed by atoms with van der Waals surface area (Å²) in [6.07, 6.45) is 6.29. The van der Waals surface area contributed by atoms with Crippen LogP contribution in [0.25, 0.3) is 0 Å². The molecule has 0 atom stereocenters. The number of hydrogen-bond donors (Lipinski definition) is 1. The van der Waals surface area contributed by atoms with Gasteiger partial charge < -0.3 is 0 Å². The average molecular weight is 517 g/mol. The Morgan fingerprint density at radius 3 is 2.48 bits per heavy atom. The van der Waals surface area contributed by atoms with E-state index in [-0.39, 0.29) is 6.10 Å². The van der Waals surface area contributed by atoms with Gasteiger partial charge in [-0.05, 0) is 0 Å². The summed E-state index contributed by atoms with van der Waals surface area (Å²) >= 11 is -0.563. The van der Waals surface area contributed by atoms with Gasteiger partial charge in [-0.2, -0.15) is 0 Å². The van der Waals surface area contributed by atoms with Gasteiger partial charge in [-0.25, -0.2) is 0 Å². The van der Waals surface area contributed by atoms with Crippen LogP contribution in [0.15, 0.2) is 30.6 Å². The maximum absolute atomic E-state index is 11.1. The van der Waals surface area contributed by atoms with Crippen molar-refractivity contribution in [3.8, 4) is 17.5 Å². The van der Waals surface area contributed by atoms with Gasteiger partial charge in [0.05, 0.1) is 0 Å². The quantitative estimate of drug-likeness (QED) is 0.375. The summed E-state index contributed by atoms with van der Waals surface area (Å²) in [6, 6.07) is 8.13. The molecule has 1 aromatic carbocycles. The van der Waals surface area contributed by atoms with E-state index in [0.717, 1.165) is 24.2 Å². The SMILES string of the molecule is CCCCCC(=[As]Oc1ncnc(OC2CCN(C(=O)O)CC2)c1C)c1ccc(OC)cc1. The fourth-order valence-electron chi connectivity index (χ4n) is 3.62. The third kappa shape index (κ3) is 7.19. The van der Waals surface area contributed by atoms with Crippen molar-refractivity contribution in [1.82, 2.24) is 14.9 Å². The molecule has 0 saturated carbocycles. The van der Waals surface area contributed by atoms with Crippen LogP contribution in [0.1, 0.15) is 56.6 Å². The molecule has 0 aliphatic carbocycles. The molecule has 0 unspecified atom stereocenters. The van der Waals surface area contributed by atoms with Crippen molar-refractivity contribution in [2.75, 3.05) is 20.2 Å². The molecule has 178 valence electrons. The maximum atomic E-state index is 11.1. The molecule has 33 heavy (non-hydrogen) atoms. The third-order valence-corrected chi connectivity index (χ3v) is 7.69. The molecule has 1 fully saturated rings. The molecule has 0 radical (unpaired) electrons. The fraction of sp³-hybridized carbons (Fsp3) is 0.500. The number of methoxy groups -OCH3 is 1. The normalized spacial score (nSPS) is 14.8. The Morgan fingerprint density at radius 1 is 1.15 bits per heavy atom. The topological polar surface area (TPSA) is 94.0 Å². The number of likely N-dealkylation sites (tertiary alicyclic amines) is 1. The average Bonchev–Trinajstić information content (AvgIpc) is 2.84. The van der Waals surface area contributed by atoms with E-state index >= 15 is 0 Å². The number of carbonyl (C=O) groups is 1. The molecular weight excluding hydrogens is 485 g/mol. The number of carboxylic acid groups (broad SMARTS) is 1. The van der Waals surface area contributed by atoms with E-state index in [9.17, 15) is 4.79 Å². The first kappa shape index (κ1) is 25.0. The first-order valence-corrected chi connectivity index (χ1v) is 13.1. The van der Waals surface area contributed by atoms with Gasteiger partial charge in [-0.15, -0.1) is 0 Å². The van der Waals surface area contributed by atoms with Gasteiger partial charge in [0.2, 0.25) is 0 Å². The van der Waals surface area contributed by atoms with Crippen molar-refractivity contribution in [2.24, 2.45) is 0 Å². The summed E-state index contributed by atoms with van der Waals surface area (Å²) < 4.78 is 18.9. The number of nitrogens with zero attached hydrogens (tertiary/aromatic N) is 3. The van der Waals surface area contributed by atoms with Crippen molar-refractivity contribution in [1.29, 1.82) is 0 Å². The minimum atomic E-state index is -0.881. The van der Waals surface area contributed by atoms with E-state index in [1.165, 1.54) is 33.9 Å². The molecule has 1 aromatic heterocycles. The van der Waals surface area contributed by atoms with E-state index < -0.39 is 21.7 Å². The fourth-order valence-corrected chi connectivity index (χ4v) is 5.48. The minimum absolute atomic E-state index is 0.0641. The Bertz CT molecular complexity index is 944. The van der Waals surface area contributed by atoms with Gasteiger partial charge in [0.25, 0.3) is 0 Å². The molecular formula is C24H32AsN3O5. The van der Waals surface area contributed by atoms with E-state index in [1.807, 2.05) is 19.1 Å². The zero-order valence-corrected chi connectivity index (χ0v) is 21.4. The molecule has 0 bridgehead atoms. The molecule has 2 heterocycles. The summed E-state index contributed by atoms with van der Waals surface area (Å²) in [5.74, 6) is 1.89. The Morgan fingerprint density at radius 2 is 1.85 bits per heavy atom.